The highest BCUT2D eigenvalue weighted by Crippen LogP contribution is 2.27. The van der Waals surface area contributed by atoms with Crippen molar-refractivity contribution in [1.29, 1.82) is 0 Å². The first-order chi connectivity index (χ1) is 8.58. The van der Waals surface area contributed by atoms with E-state index in [1.807, 2.05) is 13.1 Å². The molecule has 0 saturated heterocycles. The van der Waals surface area contributed by atoms with Crippen LogP contribution in [0.5, 0.6) is 0 Å². The lowest BCUT2D eigenvalue weighted by atomic mass is 9.82. The van der Waals surface area contributed by atoms with Crippen molar-refractivity contribution in [2.24, 2.45) is 5.92 Å². The summed E-state index contributed by atoms with van der Waals surface area (Å²) < 4.78 is 0. The highest BCUT2D eigenvalue weighted by Gasteiger charge is 2.26. The Morgan fingerprint density at radius 1 is 1.33 bits per heavy atom. The van der Waals surface area contributed by atoms with Gasteiger partial charge in [0.15, 0.2) is 0 Å². The molecule has 0 aliphatic heterocycles. The van der Waals surface area contributed by atoms with Gasteiger partial charge in [-0.3, -0.25) is 0 Å². The summed E-state index contributed by atoms with van der Waals surface area (Å²) in [4.78, 5) is 8.93. The van der Waals surface area contributed by atoms with Crippen molar-refractivity contribution < 1.29 is 5.11 Å². The predicted molar refractivity (Wildman–Crippen MR) is 72.9 cm³/mol. The second-order valence-corrected chi connectivity index (χ2v) is 5.27. The van der Waals surface area contributed by atoms with Gasteiger partial charge in [0, 0.05) is 25.6 Å². The van der Waals surface area contributed by atoms with Gasteiger partial charge in [-0.15, -0.1) is 0 Å². The summed E-state index contributed by atoms with van der Waals surface area (Å²) in [6.45, 7) is 5.04. The number of hydrogen-bond donors (Lipinski definition) is 3. The molecule has 18 heavy (non-hydrogen) atoms. The van der Waals surface area contributed by atoms with E-state index in [0.29, 0.717) is 11.8 Å². The van der Waals surface area contributed by atoms with Gasteiger partial charge in [0.25, 0.3) is 0 Å². The van der Waals surface area contributed by atoms with E-state index in [2.05, 4.69) is 34.4 Å². The van der Waals surface area contributed by atoms with Crippen LogP contribution in [0.1, 0.15) is 38.4 Å². The van der Waals surface area contributed by atoms with Gasteiger partial charge in [0.05, 0.1) is 6.10 Å². The maximum absolute atomic E-state index is 9.25. The average molecular weight is 250 g/mol. The third kappa shape index (κ3) is 3.10. The Bertz CT molecular complexity index is 402. The van der Waals surface area contributed by atoms with E-state index in [0.717, 1.165) is 36.8 Å². The van der Waals surface area contributed by atoms with Crippen LogP contribution < -0.4 is 10.6 Å². The molecule has 0 amide bonds. The van der Waals surface area contributed by atoms with Crippen LogP contribution in [0.3, 0.4) is 0 Å². The van der Waals surface area contributed by atoms with Crippen LogP contribution in [-0.4, -0.2) is 34.8 Å². The van der Waals surface area contributed by atoms with E-state index in [4.69, 9.17) is 0 Å². The van der Waals surface area contributed by atoms with Gasteiger partial charge in [-0.1, -0.05) is 13.8 Å². The summed E-state index contributed by atoms with van der Waals surface area (Å²) in [7, 11) is 1.86. The second kappa shape index (κ2) is 5.52. The van der Waals surface area contributed by atoms with E-state index in [1.54, 1.807) is 0 Å². The molecule has 1 aromatic heterocycles. The highest BCUT2D eigenvalue weighted by atomic mass is 16.3. The maximum Gasteiger partial charge on any atom is 0.135 e. The minimum atomic E-state index is -0.0960. The number of rotatable bonds is 5. The number of aliphatic hydroxyl groups is 1. The smallest absolute Gasteiger partial charge is 0.135 e. The lowest BCUT2D eigenvalue weighted by molar-refractivity contribution is 0.0486. The molecular weight excluding hydrogens is 228 g/mol. The van der Waals surface area contributed by atoms with Crippen molar-refractivity contribution in [2.45, 2.75) is 38.7 Å². The molecule has 3 N–H and O–H groups in total. The highest BCUT2D eigenvalue weighted by molar-refractivity contribution is 5.47. The molecular formula is C13H22N4O. The molecule has 1 aliphatic carbocycles. The molecule has 0 radical (unpaired) electrons. The monoisotopic (exact) mass is 250 g/mol. The number of aliphatic hydroxyl groups excluding tert-OH is 1. The molecule has 100 valence electrons. The molecule has 1 aromatic rings. The number of nitrogens with one attached hydrogen (secondary N) is 2. The first-order valence-electron chi connectivity index (χ1n) is 6.57. The Morgan fingerprint density at radius 3 is 2.56 bits per heavy atom. The normalized spacial score (nSPS) is 22.7. The largest absolute Gasteiger partial charge is 0.393 e. The summed E-state index contributed by atoms with van der Waals surface area (Å²) >= 11 is 0. The Hall–Kier alpha value is -1.36. The van der Waals surface area contributed by atoms with E-state index in [9.17, 15) is 5.11 Å². The van der Waals surface area contributed by atoms with Crippen LogP contribution >= 0.6 is 0 Å². The van der Waals surface area contributed by atoms with E-state index < -0.39 is 0 Å². The zero-order chi connectivity index (χ0) is 13.1. The van der Waals surface area contributed by atoms with Gasteiger partial charge in [-0.2, -0.15) is 0 Å². The molecule has 5 nitrogen and oxygen atoms in total. The van der Waals surface area contributed by atoms with Gasteiger partial charge in [0.2, 0.25) is 0 Å². The number of hydrogen-bond acceptors (Lipinski definition) is 5. The van der Waals surface area contributed by atoms with Crippen LogP contribution in [0.25, 0.3) is 0 Å². The molecule has 2 rings (SSSR count). The number of anilines is 2. The summed E-state index contributed by atoms with van der Waals surface area (Å²) in [5, 5.41) is 15.6. The van der Waals surface area contributed by atoms with Gasteiger partial charge >= 0.3 is 0 Å². The van der Waals surface area contributed by atoms with Crippen molar-refractivity contribution in [3.63, 3.8) is 0 Å². The first kappa shape index (κ1) is 13.1. The standard InChI is InChI=1S/C13H22N4O/c1-8(2)13-16-11(14-3)6-12(17-13)15-7-9-4-10(18)5-9/h6,8-10,18H,4-5,7H2,1-3H3,(H2,14,15,16,17). The van der Waals surface area contributed by atoms with Crippen LogP contribution in [0.2, 0.25) is 0 Å². The van der Waals surface area contributed by atoms with E-state index in [1.165, 1.54) is 0 Å². The van der Waals surface area contributed by atoms with Gasteiger partial charge < -0.3 is 15.7 Å². The molecule has 1 aliphatic rings. The number of aromatic nitrogens is 2. The molecule has 1 saturated carbocycles. The first-order valence-corrected chi connectivity index (χ1v) is 6.57. The molecule has 0 spiro atoms. The lowest BCUT2D eigenvalue weighted by Gasteiger charge is -2.31. The SMILES string of the molecule is CNc1cc(NCC2CC(O)C2)nc(C(C)C)n1. The molecule has 5 heteroatoms. The third-order valence-electron chi connectivity index (χ3n) is 3.30. The Balaban J connectivity index is 2.00. The lowest BCUT2D eigenvalue weighted by Crippen LogP contribution is -2.33. The van der Waals surface area contributed by atoms with Crippen LogP contribution in [0, 0.1) is 5.92 Å². The van der Waals surface area contributed by atoms with Crippen molar-refractivity contribution in [3.05, 3.63) is 11.9 Å². The second-order valence-electron chi connectivity index (χ2n) is 5.27. The molecule has 1 heterocycles. The van der Waals surface area contributed by atoms with Crippen LogP contribution in [0.15, 0.2) is 6.07 Å². The summed E-state index contributed by atoms with van der Waals surface area (Å²) in [6, 6.07) is 1.92. The quantitative estimate of drug-likeness (QED) is 0.743. The van der Waals surface area contributed by atoms with Crippen molar-refractivity contribution in [2.75, 3.05) is 24.2 Å². The van der Waals surface area contributed by atoms with Crippen LogP contribution in [0.4, 0.5) is 11.6 Å². The molecule has 0 unspecified atom stereocenters. The zero-order valence-electron chi connectivity index (χ0n) is 11.3. The number of nitrogens with zero attached hydrogens (tertiary/aromatic N) is 2. The molecule has 0 atom stereocenters. The fourth-order valence-corrected chi connectivity index (χ4v) is 2.06. The van der Waals surface area contributed by atoms with Crippen molar-refractivity contribution >= 4 is 11.6 Å². The minimum absolute atomic E-state index is 0.0960. The van der Waals surface area contributed by atoms with E-state index >= 15 is 0 Å². The fraction of sp³-hybridized carbons (Fsp3) is 0.692. The molecule has 0 aromatic carbocycles. The van der Waals surface area contributed by atoms with Crippen molar-refractivity contribution in [3.8, 4) is 0 Å². The maximum atomic E-state index is 9.25. The summed E-state index contributed by atoms with van der Waals surface area (Å²) in [5.41, 5.74) is 0. The average Bonchev–Trinajstić information content (AvgIpc) is 2.32. The molecule has 0 bridgehead atoms. The molecule has 1 fully saturated rings. The van der Waals surface area contributed by atoms with Crippen molar-refractivity contribution in [1.82, 2.24) is 9.97 Å². The third-order valence-corrected chi connectivity index (χ3v) is 3.30. The van der Waals surface area contributed by atoms with E-state index in [-0.39, 0.29) is 6.10 Å². The zero-order valence-corrected chi connectivity index (χ0v) is 11.3. The summed E-state index contributed by atoms with van der Waals surface area (Å²) in [6.07, 6.45) is 1.70. The Labute approximate surface area is 108 Å². The predicted octanol–water partition coefficient (Wildman–Crippen LogP) is 1.82. The Morgan fingerprint density at radius 2 is 2.00 bits per heavy atom. The van der Waals surface area contributed by atoms with Gasteiger partial charge in [-0.25, -0.2) is 9.97 Å². The topological polar surface area (TPSA) is 70.1 Å². The van der Waals surface area contributed by atoms with Crippen LogP contribution in [-0.2, 0) is 0 Å². The van der Waals surface area contributed by atoms with Gasteiger partial charge in [0.1, 0.15) is 17.5 Å². The van der Waals surface area contributed by atoms with Gasteiger partial charge in [-0.05, 0) is 18.8 Å². The fourth-order valence-electron chi connectivity index (χ4n) is 2.06. The summed E-state index contributed by atoms with van der Waals surface area (Å²) in [5.74, 6) is 3.42. The Kier molecular flexibility index (Phi) is 4.01. The minimum Gasteiger partial charge on any atom is -0.393 e.